The fraction of sp³-hybridized carbons (Fsp3) is 0. The normalized spacial score (nSPS) is 10.8. The van der Waals surface area contributed by atoms with E-state index in [2.05, 4.69) is 0 Å². The lowest BCUT2D eigenvalue weighted by molar-refractivity contribution is 0.627. The second-order valence-electron chi connectivity index (χ2n) is 7.36. The van der Waals surface area contributed by atoms with E-state index in [0.717, 1.165) is 22.3 Å². The van der Waals surface area contributed by atoms with Gasteiger partial charge in [0.15, 0.2) is 0 Å². The fourth-order valence-electron chi connectivity index (χ4n) is 3.65. The maximum Gasteiger partial charge on any atom is 0.123 e. The molecule has 154 valence electrons. The van der Waals surface area contributed by atoms with Crippen molar-refractivity contribution in [1.29, 1.82) is 0 Å². The van der Waals surface area contributed by atoms with E-state index < -0.39 is 0 Å². The first-order valence-corrected chi connectivity index (χ1v) is 10.2. The van der Waals surface area contributed by atoms with Crippen molar-refractivity contribution in [3.63, 3.8) is 0 Å². The average molecular weight is 420 g/mol. The second-order valence-corrected chi connectivity index (χ2v) is 7.36. The Bertz CT molecular complexity index is 1240. The van der Waals surface area contributed by atoms with Crippen LogP contribution in [0.1, 0.15) is 0 Å². The number of hydrogen-bond donors (Lipinski definition) is 0. The van der Waals surface area contributed by atoms with Crippen LogP contribution in [0, 0.1) is 11.6 Å². The van der Waals surface area contributed by atoms with E-state index in [4.69, 9.17) is 9.97 Å². The number of halogens is 2. The Balaban J connectivity index is 1.83. The molecule has 0 fully saturated rings. The number of nitrogens with zero attached hydrogens (tertiary/aromatic N) is 2. The molecule has 0 amide bonds. The molecule has 0 saturated carbocycles. The molecule has 0 saturated heterocycles. The van der Waals surface area contributed by atoms with Gasteiger partial charge in [0.05, 0.1) is 22.8 Å². The summed E-state index contributed by atoms with van der Waals surface area (Å²) in [6.07, 6.45) is 0. The maximum atomic E-state index is 13.6. The van der Waals surface area contributed by atoms with Crippen molar-refractivity contribution in [1.82, 2.24) is 9.97 Å². The third-order valence-corrected chi connectivity index (χ3v) is 5.23. The summed E-state index contributed by atoms with van der Waals surface area (Å²) >= 11 is 0. The summed E-state index contributed by atoms with van der Waals surface area (Å²) < 4.78 is 27.2. The van der Waals surface area contributed by atoms with E-state index in [1.807, 2.05) is 60.7 Å². The van der Waals surface area contributed by atoms with Gasteiger partial charge < -0.3 is 0 Å². The van der Waals surface area contributed by atoms with Crippen molar-refractivity contribution in [2.45, 2.75) is 0 Å². The van der Waals surface area contributed by atoms with Gasteiger partial charge in [0.1, 0.15) is 11.6 Å². The molecule has 4 heteroatoms. The zero-order valence-electron chi connectivity index (χ0n) is 17.0. The summed E-state index contributed by atoms with van der Waals surface area (Å²) in [5.41, 5.74) is 5.97. The van der Waals surface area contributed by atoms with E-state index in [0.29, 0.717) is 22.8 Å². The first-order chi connectivity index (χ1) is 15.7. The van der Waals surface area contributed by atoms with Crippen molar-refractivity contribution < 1.29 is 8.78 Å². The lowest BCUT2D eigenvalue weighted by atomic mass is 9.99. The molecule has 1 heterocycles. The van der Waals surface area contributed by atoms with E-state index >= 15 is 0 Å². The highest BCUT2D eigenvalue weighted by Gasteiger charge is 2.19. The zero-order chi connectivity index (χ0) is 21.9. The van der Waals surface area contributed by atoms with Crippen molar-refractivity contribution in [2.24, 2.45) is 0 Å². The molecule has 0 radical (unpaired) electrons. The molecule has 0 spiro atoms. The maximum absolute atomic E-state index is 13.6. The smallest absolute Gasteiger partial charge is 0.123 e. The first-order valence-electron chi connectivity index (χ1n) is 10.2. The van der Waals surface area contributed by atoms with Gasteiger partial charge in [-0.1, -0.05) is 60.7 Å². The Morgan fingerprint density at radius 3 is 0.938 bits per heavy atom. The Kier molecular flexibility index (Phi) is 5.26. The molecular weight excluding hydrogens is 402 g/mol. The SMILES string of the molecule is Fc1ccc(-c2nc(-c3ccccc3)c(-c3ccc(F)cc3)nc2-c2ccccc2)cc1. The molecule has 5 aromatic rings. The molecule has 0 aliphatic carbocycles. The predicted octanol–water partition coefficient (Wildman–Crippen LogP) is 7.42. The van der Waals surface area contributed by atoms with Gasteiger partial charge in [0, 0.05) is 22.3 Å². The van der Waals surface area contributed by atoms with E-state index in [1.165, 1.54) is 24.3 Å². The zero-order valence-corrected chi connectivity index (χ0v) is 17.0. The van der Waals surface area contributed by atoms with Gasteiger partial charge in [-0.25, -0.2) is 18.7 Å². The van der Waals surface area contributed by atoms with Gasteiger partial charge in [0.25, 0.3) is 0 Å². The molecule has 0 unspecified atom stereocenters. The van der Waals surface area contributed by atoms with Gasteiger partial charge in [0.2, 0.25) is 0 Å². The standard InChI is InChI=1S/C28H18F2N2/c29-23-15-11-21(12-16-23)27-25(19-7-3-1-4-8-19)31-28(22-13-17-24(30)18-14-22)26(32-27)20-9-5-2-6-10-20/h1-18H. The van der Waals surface area contributed by atoms with Crippen LogP contribution in [0.3, 0.4) is 0 Å². The van der Waals surface area contributed by atoms with Crippen LogP contribution in [0.15, 0.2) is 109 Å². The van der Waals surface area contributed by atoms with Crippen molar-refractivity contribution >= 4 is 0 Å². The molecule has 0 N–H and O–H groups in total. The average Bonchev–Trinajstić information content (AvgIpc) is 2.85. The van der Waals surface area contributed by atoms with Crippen molar-refractivity contribution in [3.8, 4) is 45.0 Å². The predicted molar refractivity (Wildman–Crippen MR) is 124 cm³/mol. The molecular formula is C28H18F2N2. The van der Waals surface area contributed by atoms with Gasteiger partial charge >= 0.3 is 0 Å². The minimum atomic E-state index is -0.311. The largest absolute Gasteiger partial charge is 0.243 e. The Morgan fingerprint density at radius 2 is 0.625 bits per heavy atom. The minimum absolute atomic E-state index is 0.311. The number of benzene rings is 4. The number of hydrogen-bond acceptors (Lipinski definition) is 2. The van der Waals surface area contributed by atoms with Gasteiger partial charge in [-0.2, -0.15) is 0 Å². The highest BCUT2D eigenvalue weighted by atomic mass is 19.1. The molecule has 0 aliphatic rings. The van der Waals surface area contributed by atoms with Crippen LogP contribution in [0.5, 0.6) is 0 Å². The lowest BCUT2D eigenvalue weighted by Crippen LogP contribution is -2.01. The van der Waals surface area contributed by atoms with E-state index in [-0.39, 0.29) is 11.6 Å². The molecule has 5 rings (SSSR count). The minimum Gasteiger partial charge on any atom is -0.243 e. The number of aromatic nitrogens is 2. The number of rotatable bonds is 4. The first kappa shape index (κ1) is 19.8. The van der Waals surface area contributed by atoms with Crippen LogP contribution in [0.25, 0.3) is 45.0 Å². The highest BCUT2D eigenvalue weighted by molar-refractivity contribution is 5.86. The van der Waals surface area contributed by atoms with Crippen LogP contribution in [-0.2, 0) is 0 Å². The van der Waals surface area contributed by atoms with Crippen LogP contribution >= 0.6 is 0 Å². The summed E-state index contributed by atoms with van der Waals surface area (Å²) in [5, 5.41) is 0. The molecule has 0 atom stereocenters. The lowest BCUT2D eigenvalue weighted by Gasteiger charge is -2.16. The summed E-state index contributed by atoms with van der Waals surface area (Å²) in [6, 6.07) is 32.0. The summed E-state index contributed by atoms with van der Waals surface area (Å²) in [5.74, 6) is -0.622. The molecule has 0 aliphatic heterocycles. The Hall–Kier alpha value is -4.18. The third-order valence-electron chi connectivity index (χ3n) is 5.23. The molecule has 0 bridgehead atoms. The second kappa shape index (κ2) is 8.52. The van der Waals surface area contributed by atoms with Crippen LogP contribution in [0.4, 0.5) is 8.78 Å². The summed E-state index contributed by atoms with van der Waals surface area (Å²) in [6.45, 7) is 0. The third kappa shape index (κ3) is 3.91. The fourth-order valence-corrected chi connectivity index (χ4v) is 3.65. The van der Waals surface area contributed by atoms with Crippen molar-refractivity contribution in [3.05, 3.63) is 121 Å². The van der Waals surface area contributed by atoms with Crippen LogP contribution in [0.2, 0.25) is 0 Å². The molecule has 4 aromatic carbocycles. The van der Waals surface area contributed by atoms with Crippen LogP contribution in [-0.4, -0.2) is 9.97 Å². The molecule has 1 aromatic heterocycles. The van der Waals surface area contributed by atoms with Gasteiger partial charge in [-0.3, -0.25) is 0 Å². The Morgan fingerprint density at radius 1 is 0.344 bits per heavy atom. The van der Waals surface area contributed by atoms with Gasteiger partial charge in [-0.05, 0) is 48.5 Å². The van der Waals surface area contributed by atoms with Gasteiger partial charge in [-0.15, -0.1) is 0 Å². The van der Waals surface area contributed by atoms with Crippen molar-refractivity contribution in [2.75, 3.05) is 0 Å². The molecule has 2 nitrogen and oxygen atoms in total. The Labute approximate surface area is 184 Å². The quantitative estimate of drug-likeness (QED) is 0.302. The highest BCUT2D eigenvalue weighted by Crippen LogP contribution is 2.37. The van der Waals surface area contributed by atoms with E-state index in [1.54, 1.807) is 24.3 Å². The molecule has 32 heavy (non-hydrogen) atoms. The summed E-state index contributed by atoms with van der Waals surface area (Å²) in [4.78, 5) is 10.1. The van der Waals surface area contributed by atoms with E-state index in [9.17, 15) is 8.78 Å². The monoisotopic (exact) mass is 420 g/mol. The van der Waals surface area contributed by atoms with Crippen LogP contribution < -0.4 is 0 Å². The summed E-state index contributed by atoms with van der Waals surface area (Å²) in [7, 11) is 0. The topological polar surface area (TPSA) is 25.8 Å².